The number of rotatable bonds is 6. The normalized spacial score (nSPS) is 25.5. The van der Waals surface area contributed by atoms with Crippen LogP contribution in [0.4, 0.5) is 0 Å². The lowest BCUT2D eigenvalue weighted by Gasteiger charge is -2.16. The minimum Gasteiger partial charge on any atom is -0.379 e. The van der Waals surface area contributed by atoms with E-state index in [0.29, 0.717) is 13.2 Å². The van der Waals surface area contributed by atoms with Crippen LogP contribution in [0.2, 0.25) is 0 Å². The summed E-state index contributed by atoms with van der Waals surface area (Å²) in [5.74, 6) is -0.427. The molecule has 3 nitrogen and oxygen atoms in total. The number of hydrogen-bond donors (Lipinski definition) is 0. The van der Waals surface area contributed by atoms with Crippen molar-refractivity contribution in [3.05, 3.63) is 0 Å². The van der Waals surface area contributed by atoms with Crippen molar-refractivity contribution in [2.75, 3.05) is 25.2 Å². The van der Waals surface area contributed by atoms with Crippen LogP contribution in [0, 0.1) is 0 Å². The molecule has 84 valence electrons. The molecule has 0 saturated carbocycles. The lowest BCUT2D eigenvalue weighted by molar-refractivity contribution is -0.145. The van der Waals surface area contributed by atoms with Gasteiger partial charge in [-0.2, -0.15) is 0 Å². The first kappa shape index (κ1) is 12.4. The van der Waals surface area contributed by atoms with Crippen molar-refractivity contribution >= 4 is 15.9 Å². The van der Waals surface area contributed by atoms with Crippen molar-refractivity contribution in [3.63, 3.8) is 0 Å². The predicted octanol–water partition coefficient (Wildman–Crippen LogP) is 2.33. The smallest absolute Gasteiger partial charge is 0.163 e. The summed E-state index contributed by atoms with van der Waals surface area (Å²) >= 11 is 3.38. The summed E-state index contributed by atoms with van der Waals surface area (Å²) in [5.41, 5.74) is 0. The van der Waals surface area contributed by atoms with Crippen molar-refractivity contribution in [1.29, 1.82) is 0 Å². The van der Waals surface area contributed by atoms with Crippen LogP contribution >= 0.6 is 15.9 Å². The molecule has 1 heterocycles. The van der Waals surface area contributed by atoms with E-state index in [9.17, 15) is 0 Å². The van der Waals surface area contributed by atoms with E-state index < -0.39 is 5.79 Å². The second-order valence-electron chi connectivity index (χ2n) is 3.92. The Morgan fingerprint density at radius 3 is 2.79 bits per heavy atom. The van der Waals surface area contributed by atoms with E-state index in [1.54, 1.807) is 0 Å². The molecule has 0 amide bonds. The summed E-state index contributed by atoms with van der Waals surface area (Å²) in [6, 6.07) is 0. The Bertz CT molecular complexity index is 161. The van der Waals surface area contributed by atoms with Crippen LogP contribution in [0.15, 0.2) is 0 Å². The molecular weight excluding hydrogens is 248 g/mol. The van der Waals surface area contributed by atoms with Gasteiger partial charge in [0.05, 0.1) is 13.2 Å². The third-order valence-electron chi connectivity index (χ3n) is 2.04. The van der Waals surface area contributed by atoms with Crippen LogP contribution in [0.3, 0.4) is 0 Å². The molecule has 1 fully saturated rings. The van der Waals surface area contributed by atoms with E-state index in [1.807, 2.05) is 13.8 Å². The van der Waals surface area contributed by atoms with E-state index >= 15 is 0 Å². The van der Waals surface area contributed by atoms with Crippen molar-refractivity contribution in [2.45, 2.75) is 38.6 Å². The molecule has 0 radical (unpaired) electrons. The Morgan fingerprint density at radius 2 is 2.21 bits per heavy atom. The van der Waals surface area contributed by atoms with Crippen molar-refractivity contribution in [3.8, 4) is 0 Å². The molecule has 0 aromatic rings. The first-order valence-corrected chi connectivity index (χ1v) is 6.22. The molecule has 0 bridgehead atoms. The van der Waals surface area contributed by atoms with Gasteiger partial charge in [-0.3, -0.25) is 0 Å². The van der Waals surface area contributed by atoms with E-state index in [4.69, 9.17) is 14.2 Å². The Kier molecular flexibility index (Phi) is 5.38. The maximum Gasteiger partial charge on any atom is 0.163 e. The Balaban J connectivity index is 1.98. The zero-order chi connectivity index (χ0) is 10.4. The van der Waals surface area contributed by atoms with E-state index in [1.165, 1.54) is 0 Å². The largest absolute Gasteiger partial charge is 0.379 e. The van der Waals surface area contributed by atoms with Crippen molar-refractivity contribution < 1.29 is 14.2 Å². The van der Waals surface area contributed by atoms with E-state index in [0.717, 1.165) is 24.8 Å². The van der Waals surface area contributed by atoms with Crippen molar-refractivity contribution in [1.82, 2.24) is 0 Å². The number of alkyl halides is 1. The number of ether oxygens (including phenoxy) is 3. The number of unbranched alkanes of at least 4 members (excludes halogenated alkanes) is 1. The zero-order valence-corrected chi connectivity index (χ0v) is 10.5. The Hall–Kier alpha value is 0.360. The fraction of sp³-hybridized carbons (Fsp3) is 1.00. The summed E-state index contributed by atoms with van der Waals surface area (Å²) < 4.78 is 16.5. The number of halogens is 1. The molecule has 0 aliphatic carbocycles. The summed E-state index contributed by atoms with van der Waals surface area (Å²) in [5, 5.41) is 1.05. The maximum absolute atomic E-state index is 5.60. The predicted molar refractivity (Wildman–Crippen MR) is 58.8 cm³/mol. The Labute approximate surface area is 94.2 Å². The van der Waals surface area contributed by atoms with Gasteiger partial charge in [-0.25, -0.2) is 0 Å². The van der Waals surface area contributed by atoms with Gasteiger partial charge in [-0.1, -0.05) is 15.9 Å². The summed E-state index contributed by atoms with van der Waals surface area (Å²) in [6.45, 7) is 5.96. The third kappa shape index (κ3) is 4.73. The maximum atomic E-state index is 5.60. The fourth-order valence-corrected chi connectivity index (χ4v) is 1.76. The molecule has 14 heavy (non-hydrogen) atoms. The van der Waals surface area contributed by atoms with Gasteiger partial charge in [0, 0.05) is 11.9 Å². The van der Waals surface area contributed by atoms with Gasteiger partial charge < -0.3 is 14.2 Å². The van der Waals surface area contributed by atoms with Crippen LogP contribution in [-0.4, -0.2) is 37.0 Å². The van der Waals surface area contributed by atoms with Gasteiger partial charge in [-0.15, -0.1) is 0 Å². The van der Waals surface area contributed by atoms with Crippen LogP contribution < -0.4 is 0 Å². The SMILES string of the molecule is CC1(C)OCC(COCCCCBr)O1. The quantitative estimate of drug-likeness (QED) is 0.546. The summed E-state index contributed by atoms with van der Waals surface area (Å²) in [4.78, 5) is 0. The van der Waals surface area contributed by atoms with E-state index in [-0.39, 0.29) is 6.10 Å². The Morgan fingerprint density at radius 1 is 1.43 bits per heavy atom. The molecule has 0 aromatic heterocycles. The highest BCUT2D eigenvalue weighted by Crippen LogP contribution is 2.22. The first-order chi connectivity index (χ1) is 6.64. The molecule has 0 N–H and O–H groups in total. The molecule has 0 spiro atoms. The van der Waals surface area contributed by atoms with Gasteiger partial charge >= 0.3 is 0 Å². The molecule has 1 unspecified atom stereocenters. The van der Waals surface area contributed by atoms with Crippen LogP contribution in [0.5, 0.6) is 0 Å². The average molecular weight is 267 g/mol. The van der Waals surface area contributed by atoms with Gasteiger partial charge in [0.1, 0.15) is 6.10 Å². The van der Waals surface area contributed by atoms with Gasteiger partial charge in [-0.05, 0) is 26.7 Å². The molecular formula is C10H19BrO3. The van der Waals surface area contributed by atoms with Crippen LogP contribution in [0.25, 0.3) is 0 Å². The van der Waals surface area contributed by atoms with Gasteiger partial charge in [0.25, 0.3) is 0 Å². The second-order valence-corrected chi connectivity index (χ2v) is 4.71. The lowest BCUT2D eigenvalue weighted by Crippen LogP contribution is -2.24. The number of hydrogen-bond acceptors (Lipinski definition) is 3. The molecule has 1 aliphatic rings. The van der Waals surface area contributed by atoms with Gasteiger partial charge in [0.15, 0.2) is 5.79 Å². The fourth-order valence-electron chi connectivity index (χ4n) is 1.36. The highest BCUT2D eigenvalue weighted by Gasteiger charge is 2.32. The molecule has 0 aromatic carbocycles. The molecule has 4 heteroatoms. The highest BCUT2D eigenvalue weighted by molar-refractivity contribution is 9.09. The summed E-state index contributed by atoms with van der Waals surface area (Å²) in [6.07, 6.45) is 2.37. The summed E-state index contributed by atoms with van der Waals surface area (Å²) in [7, 11) is 0. The van der Waals surface area contributed by atoms with Crippen LogP contribution in [0.1, 0.15) is 26.7 Å². The first-order valence-electron chi connectivity index (χ1n) is 5.09. The molecule has 1 aliphatic heterocycles. The van der Waals surface area contributed by atoms with Gasteiger partial charge in [0.2, 0.25) is 0 Å². The average Bonchev–Trinajstić information content (AvgIpc) is 2.45. The van der Waals surface area contributed by atoms with E-state index in [2.05, 4.69) is 15.9 Å². The lowest BCUT2D eigenvalue weighted by atomic mass is 10.3. The molecule has 1 atom stereocenters. The molecule has 1 rings (SSSR count). The highest BCUT2D eigenvalue weighted by atomic mass is 79.9. The standard InChI is InChI=1S/C10H19BrO3/c1-10(2)13-8-9(14-10)7-12-6-4-3-5-11/h9H,3-8H2,1-2H3. The zero-order valence-electron chi connectivity index (χ0n) is 8.92. The monoisotopic (exact) mass is 266 g/mol. The topological polar surface area (TPSA) is 27.7 Å². The molecule has 1 saturated heterocycles. The second kappa shape index (κ2) is 6.05. The minimum atomic E-state index is -0.427. The third-order valence-corrected chi connectivity index (χ3v) is 2.60. The van der Waals surface area contributed by atoms with Crippen LogP contribution in [-0.2, 0) is 14.2 Å². The van der Waals surface area contributed by atoms with Crippen molar-refractivity contribution in [2.24, 2.45) is 0 Å². The minimum absolute atomic E-state index is 0.106.